The fraction of sp³-hybridized carbons (Fsp3) is 0.571. The lowest BCUT2D eigenvalue weighted by Gasteiger charge is -2.10. The van der Waals surface area contributed by atoms with E-state index in [1.807, 2.05) is 0 Å². The quantitative estimate of drug-likeness (QED) is 0.306. The summed E-state index contributed by atoms with van der Waals surface area (Å²) in [5.41, 5.74) is 5.63. The van der Waals surface area contributed by atoms with Crippen LogP contribution in [0.4, 0.5) is 0 Å². The molecule has 4 nitrogen and oxygen atoms in total. The topological polar surface area (TPSA) is 72.5 Å². The molecule has 0 fully saturated rings. The predicted octanol–water partition coefficient (Wildman–Crippen LogP) is -0.665. The number of aliphatic hydroxyl groups excluding tert-OH is 1. The van der Waals surface area contributed by atoms with Gasteiger partial charge in [0.1, 0.15) is 6.61 Å². The number of ether oxygens (including phenoxy) is 1. The number of carbonyl (C=O) groups is 1. The van der Waals surface area contributed by atoms with Crippen molar-refractivity contribution in [3.8, 4) is 0 Å². The van der Waals surface area contributed by atoms with E-state index in [1.165, 1.54) is 0 Å². The Balaban J connectivity index is 3.85. The molecule has 1 unspecified atom stereocenters. The van der Waals surface area contributed by atoms with Crippen molar-refractivity contribution in [1.29, 1.82) is 0 Å². The average molecular weight is 191 g/mol. The zero-order chi connectivity index (χ0) is 9.56. The summed E-state index contributed by atoms with van der Waals surface area (Å²) in [5, 5.41) is 8.34. The van der Waals surface area contributed by atoms with Crippen molar-refractivity contribution >= 4 is 18.6 Å². The number of hydrogen-bond acceptors (Lipinski definition) is 5. The summed E-state index contributed by atoms with van der Waals surface area (Å²) in [6, 6.07) is -0.487. The highest BCUT2D eigenvalue weighted by Crippen LogP contribution is 2.01. The lowest BCUT2D eigenvalue weighted by molar-refractivity contribution is -0.140. The number of aliphatic hydroxyl groups is 1. The van der Waals surface area contributed by atoms with Crippen molar-refractivity contribution in [2.45, 2.75) is 6.04 Å². The van der Waals surface area contributed by atoms with Crippen molar-refractivity contribution in [2.75, 3.05) is 19.0 Å². The lowest BCUT2D eigenvalue weighted by atomic mass is 10.2. The Morgan fingerprint density at radius 2 is 2.33 bits per heavy atom. The van der Waals surface area contributed by atoms with Crippen LogP contribution in [0.5, 0.6) is 0 Å². The molecule has 0 radical (unpaired) electrons. The van der Waals surface area contributed by atoms with Gasteiger partial charge in [0.15, 0.2) is 0 Å². The Kier molecular flexibility index (Phi) is 5.79. The highest BCUT2D eigenvalue weighted by atomic mass is 32.1. The van der Waals surface area contributed by atoms with Gasteiger partial charge in [-0.15, -0.1) is 0 Å². The molecule has 0 aliphatic carbocycles. The van der Waals surface area contributed by atoms with E-state index in [0.29, 0.717) is 5.75 Å². The number of carbonyl (C=O) groups excluding carboxylic acids is 1. The van der Waals surface area contributed by atoms with Gasteiger partial charge in [-0.3, -0.25) is 0 Å². The zero-order valence-corrected chi connectivity index (χ0v) is 7.59. The van der Waals surface area contributed by atoms with Crippen LogP contribution in [0.25, 0.3) is 0 Å². The molecule has 0 aromatic heterocycles. The van der Waals surface area contributed by atoms with Gasteiger partial charge in [0.2, 0.25) is 0 Å². The summed E-state index contributed by atoms with van der Waals surface area (Å²) in [5.74, 6) is -0.238. The molecular weight excluding hydrogens is 178 g/mol. The molecular formula is C7H13NO3S. The maximum atomic E-state index is 11.0. The Hall–Kier alpha value is -0.520. The summed E-state index contributed by atoms with van der Waals surface area (Å²) >= 11 is 3.90. The smallest absolute Gasteiger partial charge is 0.335 e. The number of rotatable bonds is 5. The monoisotopic (exact) mass is 191 g/mol. The minimum atomic E-state index is -0.578. The normalized spacial score (nSPS) is 12.2. The first-order valence-corrected chi connectivity index (χ1v) is 4.10. The van der Waals surface area contributed by atoms with Crippen LogP contribution >= 0.6 is 12.6 Å². The second-order valence-corrected chi connectivity index (χ2v) is 2.54. The molecule has 0 aromatic carbocycles. The van der Waals surface area contributed by atoms with Crippen molar-refractivity contribution in [3.05, 3.63) is 12.2 Å². The van der Waals surface area contributed by atoms with Gasteiger partial charge >= 0.3 is 5.97 Å². The third-order valence-electron chi connectivity index (χ3n) is 1.23. The molecule has 0 aromatic rings. The van der Waals surface area contributed by atoms with Crippen LogP contribution in [0.2, 0.25) is 0 Å². The Morgan fingerprint density at radius 3 is 2.75 bits per heavy atom. The molecule has 0 aliphatic heterocycles. The van der Waals surface area contributed by atoms with Crippen LogP contribution in [0, 0.1) is 0 Å². The highest BCUT2D eigenvalue weighted by molar-refractivity contribution is 7.80. The summed E-state index contributed by atoms with van der Waals surface area (Å²) < 4.78 is 4.57. The lowest BCUT2D eigenvalue weighted by Crippen LogP contribution is -2.29. The molecule has 0 saturated carbocycles. The van der Waals surface area contributed by atoms with Gasteiger partial charge in [0.25, 0.3) is 0 Å². The first kappa shape index (κ1) is 11.5. The standard InChI is InChI=1S/C7H13NO3S/c1-5(6(8)4-12)7(10)11-3-2-9/h6,9,12H,1-4,8H2. The summed E-state index contributed by atoms with van der Waals surface area (Å²) in [4.78, 5) is 11.0. The van der Waals surface area contributed by atoms with Gasteiger partial charge in [-0.25, -0.2) is 4.79 Å². The minimum absolute atomic E-state index is 0.0306. The molecule has 0 bridgehead atoms. The number of thiol groups is 1. The van der Waals surface area contributed by atoms with E-state index in [1.54, 1.807) is 0 Å². The molecule has 0 spiro atoms. The zero-order valence-electron chi connectivity index (χ0n) is 6.69. The largest absolute Gasteiger partial charge is 0.460 e. The Morgan fingerprint density at radius 1 is 1.75 bits per heavy atom. The van der Waals surface area contributed by atoms with Gasteiger partial charge in [0.05, 0.1) is 6.61 Å². The van der Waals surface area contributed by atoms with E-state index in [4.69, 9.17) is 10.8 Å². The minimum Gasteiger partial charge on any atom is -0.460 e. The SMILES string of the molecule is C=C(C(=O)OCCO)C(N)CS. The molecule has 0 heterocycles. The van der Waals surface area contributed by atoms with E-state index in [9.17, 15) is 4.79 Å². The third kappa shape index (κ3) is 3.75. The average Bonchev–Trinajstić information content (AvgIpc) is 2.11. The number of nitrogens with two attached hydrogens (primary N) is 1. The van der Waals surface area contributed by atoms with Crippen LogP contribution in [-0.2, 0) is 9.53 Å². The van der Waals surface area contributed by atoms with Crippen LogP contribution in [0.15, 0.2) is 12.2 Å². The van der Waals surface area contributed by atoms with Crippen molar-refractivity contribution in [2.24, 2.45) is 5.73 Å². The van der Waals surface area contributed by atoms with E-state index in [2.05, 4.69) is 23.9 Å². The molecule has 3 N–H and O–H groups in total. The van der Waals surface area contributed by atoms with Crippen LogP contribution in [0.3, 0.4) is 0 Å². The number of esters is 1. The summed E-state index contributed by atoms with van der Waals surface area (Å²) in [7, 11) is 0. The van der Waals surface area contributed by atoms with Crippen molar-refractivity contribution in [3.63, 3.8) is 0 Å². The van der Waals surface area contributed by atoms with E-state index >= 15 is 0 Å². The van der Waals surface area contributed by atoms with Crippen LogP contribution in [0.1, 0.15) is 0 Å². The number of hydrogen-bond donors (Lipinski definition) is 3. The molecule has 0 rings (SSSR count). The molecule has 0 amide bonds. The summed E-state index contributed by atoms with van der Waals surface area (Å²) in [6.45, 7) is 3.22. The predicted molar refractivity (Wildman–Crippen MR) is 49.0 cm³/mol. The van der Waals surface area contributed by atoms with Gasteiger partial charge in [0, 0.05) is 17.4 Å². The van der Waals surface area contributed by atoms with Gasteiger partial charge in [-0.2, -0.15) is 12.6 Å². The maximum absolute atomic E-state index is 11.0. The van der Waals surface area contributed by atoms with Gasteiger partial charge in [-0.1, -0.05) is 6.58 Å². The molecule has 5 heteroatoms. The molecule has 1 atom stereocenters. The summed E-state index contributed by atoms with van der Waals surface area (Å²) in [6.07, 6.45) is 0. The first-order valence-electron chi connectivity index (χ1n) is 3.46. The molecule has 0 aliphatic rings. The van der Waals surface area contributed by atoms with Crippen LogP contribution < -0.4 is 5.73 Å². The Labute approximate surface area is 76.8 Å². The second kappa shape index (κ2) is 6.05. The van der Waals surface area contributed by atoms with E-state index in [0.717, 1.165) is 0 Å². The fourth-order valence-corrected chi connectivity index (χ4v) is 0.713. The van der Waals surface area contributed by atoms with E-state index < -0.39 is 12.0 Å². The molecule has 70 valence electrons. The van der Waals surface area contributed by atoms with E-state index in [-0.39, 0.29) is 18.8 Å². The van der Waals surface area contributed by atoms with Gasteiger partial charge in [-0.05, 0) is 0 Å². The fourth-order valence-electron chi connectivity index (χ4n) is 0.493. The third-order valence-corrected chi connectivity index (χ3v) is 1.62. The molecule has 12 heavy (non-hydrogen) atoms. The van der Waals surface area contributed by atoms with Crippen LogP contribution in [-0.4, -0.2) is 36.1 Å². The second-order valence-electron chi connectivity index (χ2n) is 2.17. The van der Waals surface area contributed by atoms with Crippen molar-refractivity contribution in [1.82, 2.24) is 0 Å². The maximum Gasteiger partial charge on any atom is 0.335 e. The first-order chi connectivity index (χ1) is 5.63. The van der Waals surface area contributed by atoms with Crippen molar-refractivity contribution < 1.29 is 14.6 Å². The molecule has 0 saturated heterocycles. The highest BCUT2D eigenvalue weighted by Gasteiger charge is 2.14. The Bertz CT molecular complexity index is 172. The van der Waals surface area contributed by atoms with Gasteiger partial charge < -0.3 is 15.6 Å².